The van der Waals surface area contributed by atoms with Crippen LogP contribution in [0.4, 0.5) is 0 Å². The third-order valence-corrected chi connectivity index (χ3v) is 8.10. The predicted molar refractivity (Wildman–Crippen MR) is 143 cm³/mol. The Morgan fingerprint density at radius 2 is 0.750 bits per heavy atom. The van der Waals surface area contributed by atoms with Crippen molar-refractivity contribution in [3.05, 3.63) is 144 Å². The molecule has 0 radical (unpaired) electrons. The molecule has 0 aromatic heterocycles. The van der Waals surface area contributed by atoms with Crippen LogP contribution in [0.1, 0.15) is 22.3 Å². The van der Waals surface area contributed by atoms with Gasteiger partial charge in [0.05, 0.1) is 11.8 Å². The molecule has 2 heteroatoms. The third-order valence-electron chi connectivity index (χ3n) is 8.10. The van der Waals surface area contributed by atoms with Crippen molar-refractivity contribution < 1.29 is 9.59 Å². The first kappa shape index (κ1) is 21.0. The zero-order chi connectivity index (χ0) is 24.2. The fourth-order valence-corrected chi connectivity index (χ4v) is 6.83. The molecule has 3 aliphatic rings. The average Bonchev–Trinajstić information content (AvgIpc) is 3.52. The SMILES string of the molecule is O=C1[C@H]2C(c3ccccc3)=C(c3ccccc3)[C@H]1[C@@H]1C(c3ccccc3)=C(c3ccccc3)C(=O)[C@@H]21. The van der Waals surface area contributed by atoms with E-state index >= 15 is 0 Å². The maximum atomic E-state index is 14.3. The molecule has 0 spiro atoms. The summed E-state index contributed by atoms with van der Waals surface area (Å²) in [6.45, 7) is 0. The summed E-state index contributed by atoms with van der Waals surface area (Å²) in [5.74, 6) is -0.989. The molecule has 4 aromatic rings. The second-order valence-corrected chi connectivity index (χ2v) is 9.85. The molecule has 0 saturated heterocycles. The lowest BCUT2D eigenvalue weighted by Crippen LogP contribution is -2.26. The molecular weight excluding hydrogens is 440 g/mol. The molecule has 0 unspecified atom stereocenters. The molecule has 4 atom stereocenters. The van der Waals surface area contributed by atoms with Crippen molar-refractivity contribution in [3.8, 4) is 0 Å². The molecule has 0 aliphatic heterocycles. The molecule has 2 bridgehead atoms. The van der Waals surface area contributed by atoms with Crippen LogP contribution in [0.3, 0.4) is 0 Å². The topological polar surface area (TPSA) is 34.1 Å². The number of fused-ring (bicyclic) bond motifs is 5. The quantitative estimate of drug-likeness (QED) is 0.331. The Bertz CT molecular complexity index is 1550. The van der Waals surface area contributed by atoms with Gasteiger partial charge in [-0.3, -0.25) is 9.59 Å². The Balaban J connectivity index is 1.51. The van der Waals surface area contributed by atoms with Gasteiger partial charge in [-0.25, -0.2) is 0 Å². The van der Waals surface area contributed by atoms with E-state index in [1.54, 1.807) is 0 Å². The Hall–Kier alpha value is -4.30. The van der Waals surface area contributed by atoms with Gasteiger partial charge in [0.25, 0.3) is 0 Å². The minimum absolute atomic E-state index is 0.103. The molecule has 172 valence electrons. The van der Waals surface area contributed by atoms with E-state index in [0.29, 0.717) is 0 Å². The molecule has 1 fully saturated rings. The van der Waals surface area contributed by atoms with Gasteiger partial charge in [0.15, 0.2) is 5.78 Å². The lowest BCUT2D eigenvalue weighted by Gasteiger charge is -2.30. The van der Waals surface area contributed by atoms with Gasteiger partial charge < -0.3 is 0 Å². The average molecular weight is 465 g/mol. The summed E-state index contributed by atoms with van der Waals surface area (Å²) in [6.07, 6.45) is 0. The van der Waals surface area contributed by atoms with Gasteiger partial charge >= 0.3 is 0 Å². The van der Waals surface area contributed by atoms with E-state index in [4.69, 9.17) is 0 Å². The number of allylic oxidation sites excluding steroid dienone is 4. The van der Waals surface area contributed by atoms with E-state index in [0.717, 1.165) is 44.5 Å². The molecule has 0 heterocycles. The van der Waals surface area contributed by atoms with Gasteiger partial charge in [-0.2, -0.15) is 0 Å². The van der Waals surface area contributed by atoms with Crippen LogP contribution in [0.5, 0.6) is 0 Å². The molecule has 0 N–H and O–H groups in total. The van der Waals surface area contributed by atoms with E-state index in [9.17, 15) is 9.59 Å². The van der Waals surface area contributed by atoms with Crippen molar-refractivity contribution >= 4 is 33.9 Å². The number of ketones is 2. The van der Waals surface area contributed by atoms with E-state index in [-0.39, 0.29) is 29.3 Å². The zero-order valence-electron chi connectivity index (χ0n) is 19.7. The largest absolute Gasteiger partial charge is 0.298 e. The van der Waals surface area contributed by atoms with Crippen LogP contribution >= 0.6 is 0 Å². The number of hydrogen-bond acceptors (Lipinski definition) is 2. The van der Waals surface area contributed by atoms with E-state index in [2.05, 4.69) is 36.4 Å². The maximum Gasteiger partial charge on any atom is 0.168 e. The van der Waals surface area contributed by atoms with Crippen LogP contribution in [0.25, 0.3) is 22.3 Å². The van der Waals surface area contributed by atoms with Gasteiger partial charge in [0.1, 0.15) is 5.78 Å². The Labute approximate surface area is 210 Å². The lowest BCUT2D eigenvalue weighted by molar-refractivity contribution is -0.123. The maximum absolute atomic E-state index is 14.3. The van der Waals surface area contributed by atoms with Gasteiger partial charge in [-0.15, -0.1) is 0 Å². The molecule has 2 nitrogen and oxygen atoms in total. The molecule has 0 amide bonds. The van der Waals surface area contributed by atoms with Crippen LogP contribution in [0.2, 0.25) is 0 Å². The fourth-order valence-electron chi connectivity index (χ4n) is 6.83. The third kappa shape index (κ3) is 2.91. The smallest absolute Gasteiger partial charge is 0.168 e. The number of benzene rings is 4. The predicted octanol–water partition coefficient (Wildman–Crippen LogP) is 6.85. The van der Waals surface area contributed by atoms with Crippen LogP contribution < -0.4 is 0 Å². The van der Waals surface area contributed by atoms with Gasteiger partial charge in [0.2, 0.25) is 0 Å². The fraction of sp³-hybridized carbons (Fsp3) is 0.118. The lowest BCUT2D eigenvalue weighted by atomic mass is 9.71. The highest BCUT2D eigenvalue weighted by Crippen LogP contribution is 2.66. The van der Waals surface area contributed by atoms with Crippen molar-refractivity contribution in [2.75, 3.05) is 0 Å². The summed E-state index contributed by atoms with van der Waals surface area (Å²) in [6, 6.07) is 40.6. The van der Waals surface area contributed by atoms with Crippen LogP contribution in [-0.4, -0.2) is 11.6 Å². The van der Waals surface area contributed by atoms with E-state index in [1.165, 1.54) is 0 Å². The summed E-state index contributed by atoms with van der Waals surface area (Å²) >= 11 is 0. The van der Waals surface area contributed by atoms with E-state index < -0.39 is 5.92 Å². The highest BCUT2D eigenvalue weighted by molar-refractivity contribution is 6.37. The van der Waals surface area contributed by atoms with Gasteiger partial charge in [0, 0.05) is 17.4 Å². The van der Waals surface area contributed by atoms with E-state index in [1.807, 2.05) is 84.9 Å². The Morgan fingerprint density at radius 3 is 1.19 bits per heavy atom. The minimum Gasteiger partial charge on any atom is -0.298 e. The van der Waals surface area contributed by atoms with Crippen molar-refractivity contribution in [1.29, 1.82) is 0 Å². The first-order valence-electron chi connectivity index (χ1n) is 12.5. The molecule has 1 saturated carbocycles. The summed E-state index contributed by atoms with van der Waals surface area (Å²) < 4.78 is 0. The molecule has 36 heavy (non-hydrogen) atoms. The van der Waals surface area contributed by atoms with Crippen molar-refractivity contribution in [2.45, 2.75) is 0 Å². The molecule has 7 rings (SSSR count). The number of carbonyl (C=O) groups excluding carboxylic acids is 2. The molecule has 3 aliphatic carbocycles. The van der Waals surface area contributed by atoms with Crippen molar-refractivity contribution in [3.63, 3.8) is 0 Å². The monoisotopic (exact) mass is 464 g/mol. The van der Waals surface area contributed by atoms with Gasteiger partial charge in [-0.05, 0) is 39.0 Å². The number of Topliss-reactive ketones (excluding diaryl/α,β-unsaturated/α-hetero) is 2. The standard InChI is InChI=1S/C34H24O2/c35-33-28(24-19-11-4-12-20-24)27(23-17-9-3-10-18-23)29-30-25(21-13-5-1-6-14-21)26(22-15-7-2-8-16-22)31(32(29)33)34(30)36/h1-20,29-32H/t29-,30-,31-,32+/m0/s1. The zero-order valence-corrected chi connectivity index (χ0v) is 19.7. The molecular formula is C34H24O2. The molecule has 4 aromatic carbocycles. The van der Waals surface area contributed by atoms with Crippen LogP contribution in [-0.2, 0) is 9.59 Å². The highest BCUT2D eigenvalue weighted by Gasteiger charge is 2.65. The second kappa shape index (κ2) is 8.13. The minimum atomic E-state index is -0.426. The highest BCUT2D eigenvalue weighted by atomic mass is 16.1. The summed E-state index contributed by atoms with van der Waals surface area (Å²) in [5.41, 5.74) is 8.01. The summed E-state index contributed by atoms with van der Waals surface area (Å²) in [4.78, 5) is 28.4. The summed E-state index contributed by atoms with van der Waals surface area (Å²) in [7, 11) is 0. The first-order chi connectivity index (χ1) is 17.8. The van der Waals surface area contributed by atoms with Crippen molar-refractivity contribution in [2.24, 2.45) is 23.7 Å². The summed E-state index contributed by atoms with van der Waals surface area (Å²) in [5, 5.41) is 0. The first-order valence-corrected chi connectivity index (χ1v) is 12.5. The second-order valence-electron chi connectivity index (χ2n) is 9.85. The Morgan fingerprint density at radius 1 is 0.389 bits per heavy atom. The van der Waals surface area contributed by atoms with Gasteiger partial charge in [-0.1, -0.05) is 121 Å². The number of rotatable bonds is 4. The number of carbonyl (C=O) groups is 2. The van der Waals surface area contributed by atoms with Crippen molar-refractivity contribution in [1.82, 2.24) is 0 Å². The Kier molecular flexibility index (Phi) is 4.75. The van der Waals surface area contributed by atoms with Crippen LogP contribution in [0.15, 0.2) is 121 Å². The van der Waals surface area contributed by atoms with Crippen LogP contribution in [0, 0.1) is 23.7 Å². The normalized spacial score (nSPS) is 24.6. The number of hydrogen-bond donors (Lipinski definition) is 0.